The third-order valence-corrected chi connectivity index (χ3v) is 3.76. The zero-order valence-corrected chi connectivity index (χ0v) is 14.8. The molecule has 0 bridgehead atoms. The van der Waals surface area contributed by atoms with Crippen molar-refractivity contribution in [2.24, 2.45) is 0 Å². The van der Waals surface area contributed by atoms with Gasteiger partial charge in [0, 0.05) is 19.0 Å². The Morgan fingerprint density at radius 2 is 1.78 bits per heavy atom. The molecule has 23 heavy (non-hydrogen) atoms. The summed E-state index contributed by atoms with van der Waals surface area (Å²) in [6, 6.07) is 9.77. The summed E-state index contributed by atoms with van der Waals surface area (Å²) in [6.07, 6.45) is 2.67. The molecular formula is C19H30N2O2. The van der Waals surface area contributed by atoms with E-state index < -0.39 is 0 Å². The molecule has 1 N–H and O–H groups in total. The van der Waals surface area contributed by atoms with Gasteiger partial charge in [-0.3, -0.25) is 9.59 Å². The zero-order valence-electron chi connectivity index (χ0n) is 14.8. The third kappa shape index (κ3) is 6.43. The van der Waals surface area contributed by atoms with Gasteiger partial charge in [0.15, 0.2) is 0 Å². The second-order valence-corrected chi connectivity index (χ2v) is 6.16. The first-order valence-electron chi connectivity index (χ1n) is 8.63. The Hall–Kier alpha value is -1.84. The number of rotatable bonds is 9. The third-order valence-electron chi connectivity index (χ3n) is 3.76. The van der Waals surface area contributed by atoms with Gasteiger partial charge < -0.3 is 10.2 Å². The van der Waals surface area contributed by atoms with Crippen molar-refractivity contribution in [1.29, 1.82) is 0 Å². The highest BCUT2D eigenvalue weighted by Gasteiger charge is 2.27. The Balaban J connectivity index is 2.84. The molecular weight excluding hydrogens is 288 g/mol. The Bertz CT molecular complexity index is 485. The highest BCUT2D eigenvalue weighted by Crippen LogP contribution is 2.11. The predicted octanol–water partition coefficient (Wildman–Crippen LogP) is 3.16. The number of carbonyl (C=O) groups is 2. The first-order chi connectivity index (χ1) is 11.0. The maximum atomic E-state index is 12.5. The van der Waals surface area contributed by atoms with E-state index in [9.17, 15) is 9.59 Å². The molecule has 2 amide bonds. The van der Waals surface area contributed by atoms with Gasteiger partial charge in [-0.2, -0.15) is 0 Å². The number of hydrogen-bond acceptors (Lipinski definition) is 2. The molecule has 1 unspecified atom stereocenters. The van der Waals surface area contributed by atoms with Crippen LogP contribution in [0.4, 0.5) is 0 Å². The number of benzene rings is 1. The normalized spacial score (nSPS) is 12.0. The molecule has 128 valence electrons. The first kappa shape index (κ1) is 19.2. The summed E-state index contributed by atoms with van der Waals surface area (Å²) < 4.78 is 0. The van der Waals surface area contributed by atoms with Crippen LogP contribution in [0.5, 0.6) is 0 Å². The fourth-order valence-corrected chi connectivity index (χ4v) is 2.63. The molecule has 1 atom stereocenters. The van der Waals surface area contributed by atoms with E-state index in [1.807, 2.05) is 45.9 Å². The molecule has 1 aromatic carbocycles. The van der Waals surface area contributed by atoms with Gasteiger partial charge in [-0.15, -0.1) is 0 Å². The molecule has 0 spiro atoms. The van der Waals surface area contributed by atoms with Gasteiger partial charge in [-0.1, -0.05) is 44.2 Å². The molecule has 0 radical (unpaired) electrons. The van der Waals surface area contributed by atoms with Crippen LogP contribution in [0.2, 0.25) is 0 Å². The quantitative estimate of drug-likeness (QED) is 0.760. The van der Waals surface area contributed by atoms with E-state index in [4.69, 9.17) is 0 Å². The number of nitrogens with zero attached hydrogens (tertiary/aromatic N) is 1. The van der Waals surface area contributed by atoms with E-state index in [0.29, 0.717) is 19.4 Å². The number of hydrogen-bond donors (Lipinski definition) is 1. The number of nitrogens with one attached hydrogen (secondary N) is 1. The van der Waals surface area contributed by atoms with E-state index in [1.54, 1.807) is 4.90 Å². The van der Waals surface area contributed by atoms with E-state index in [2.05, 4.69) is 17.4 Å². The van der Waals surface area contributed by atoms with Crippen molar-refractivity contribution in [2.45, 2.75) is 65.5 Å². The van der Waals surface area contributed by atoms with Crippen molar-refractivity contribution in [3.8, 4) is 0 Å². The molecule has 0 saturated heterocycles. The van der Waals surface area contributed by atoms with Gasteiger partial charge in [-0.05, 0) is 38.7 Å². The maximum Gasteiger partial charge on any atom is 0.242 e. The lowest BCUT2D eigenvalue weighted by Gasteiger charge is -2.31. The van der Waals surface area contributed by atoms with Crippen molar-refractivity contribution in [2.75, 3.05) is 6.54 Å². The number of carbonyl (C=O) groups excluding carboxylic acids is 2. The van der Waals surface area contributed by atoms with E-state index >= 15 is 0 Å². The van der Waals surface area contributed by atoms with Crippen LogP contribution < -0.4 is 5.32 Å². The molecule has 0 heterocycles. The molecule has 1 rings (SSSR count). The predicted molar refractivity (Wildman–Crippen MR) is 94.1 cm³/mol. The Morgan fingerprint density at radius 3 is 2.30 bits per heavy atom. The SMILES string of the molecule is CCCC(=O)N(CCc1ccccc1)C(CC)C(=O)NC(C)C. The van der Waals surface area contributed by atoms with Gasteiger partial charge in [0.05, 0.1) is 0 Å². The lowest BCUT2D eigenvalue weighted by molar-refractivity contribution is -0.141. The lowest BCUT2D eigenvalue weighted by atomic mass is 10.1. The average Bonchev–Trinajstić information content (AvgIpc) is 2.51. The molecule has 4 heteroatoms. The molecule has 0 aliphatic carbocycles. The maximum absolute atomic E-state index is 12.5. The minimum Gasteiger partial charge on any atom is -0.352 e. The van der Waals surface area contributed by atoms with Gasteiger partial charge in [-0.25, -0.2) is 0 Å². The topological polar surface area (TPSA) is 49.4 Å². The summed E-state index contributed by atoms with van der Waals surface area (Å²) in [7, 11) is 0. The molecule has 0 aromatic heterocycles. The van der Waals surface area contributed by atoms with Crippen molar-refractivity contribution < 1.29 is 9.59 Å². The fourth-order valence-electron chi connectivity index (χ4n) is 2.63. The molecule has 0 aliphatic heterocycles. The standard InChI is InChI=1S/C19H30N2O2/c1-5-10-18(22)21(14-13-16-11-8-7-9-12-16)17(6-2)19(23)20-15(3)4/h7-9,11-12,15,17H,5-6,10,13-14H2,1-4H3,(H,20,23). The summed E-state index contributed by atoms with van der Waals surface area (Å²) in [5.74, 6) is 0.00852. The molecule has 0 aliphatic rings. The second-order valence-electron chi connectivity index (χ2n) is 6.16. The monoisotopic (exact) mass is 318 g/mol. The summed E-state index contributed by atoms with van der Waals surface area (Å²) in [5.41, 5.74) is 1.18. The second kappa shape index (κ2) is 10.0. The highest BCUT2D eigenvalue weighted by atomic mass is 16.2. The summed E-state index contributed by atoms with van der Waals surface area (Å²) in [5, 5.41) is 2.94. The van der Waals surface area contributed by atoms with Crippen molar-refractivity contribution in [3.05, 3.63) is 35.9 Å². The van der Waals surface area contributed by atoms with Crippen LogP contribution in [-0.2, 0) is 16.0 Å². The molecule has 0 fully saturated rings. The summed E-state index contributed by atoms with van der Waals surface area (Å²) >= 11 is 0. The first-order valence-corrected chi connectivity index (χ1v) is 8.63. The van der Waals surface area contributed by atoms with Crippen LogP contribution in [0, 0.1) is 0 Å². The van der Waals surface area contributed by atoms with E-state index in [1.165, 1.54) is 5.56 Å². The summed E-state index contributed by atoms with van der Waals surface area (Å²) in [6.45, 7) is 8.40. The smallest absolute Gasteiger partial charge is 0.242 e. The van der Waals surface area contributed by atoms with Gasteiger partial charge in [0.2, 0.25) is 11.8 Å². The molecule has 0 saturated carbocycles. The van der Waals surface area contributed by atoms with Crippen LogP contribution in [0.25, 0.3) is 0 Å². The van der Waals surface area contributed by atoms with Gasteiger partial charge in [0.1, 0.15) is 6.04 Å². The lowest BCUT2D eigenvalue weighted by Crippen LogP contribution is -2.51. The summed E-state index contributed by atoms with van der Waals surface area (Å²) in [4.78, 5) is 26.7. The fraction of sp³-hybridized carbons (Fsp3) is 0.579. The van der Waals surface area contributed by atoms with Crippen LogP contribution in [0.15, 0.2) is 30.3 Å². The zero-order chi connectivity index (χ0) is 17.2. The molecule has 4 nitrogen and oxygen atoms in total. The minimum absolute atomic E-state index is 0.0555. The van der Waals surface area contributed by atoms with Crippen LogP contribution in [-0.4, -0.2) is 35.3 Å². The van der Waals surface area contributed by atoms with Crippen LogP contribution in [0.1, 0.15) is 52.5 Å². The Labute approximate surface area is 140 Å². The Morgan fingerprint density at radius 1 is 1.13 bits per heavy atom. The van der Waals surface area contributed by atoms with Crippen LogP contribution >= 0.6 is 0 Å². The highest BCUT2D eigenvalue weighted by molar-refractivity contribution is 5.87. The van der Waals surface area contributed by atoms with E-state index in [0.717, 1.165) is 12.8 Å². The van der Waals surface area contributed by atoms with Crippen LogP contribution in [0.3, 0.4) is 0 Å². The Kier molecular flexibility index (Phi) is 8.38. The van der Waals surface area contributed by atoms with Gasteiger partial charge >= 0.3 is 0 Å². The molecule has 1 aromatic rings. The number of amides is 2. The van der Waals surface area contributed by atoms with Gasteiger partial charge in [0.25, 0.3) is 0 Å². The minimum atomic E-state index is -0.389. The van der Waals surface area contributed by atoms with Crippen molar-refractivity contribution in [3.63, 3.8) is 0 Å². The average molecular weight is 318 g/mol. The van der Waals surface area contributed by atoms with Crippen molar-refractivity contribution >= 4 is 11.8 Å². The van der Waals surface area contributed by atoms with Crippen molar-refractivity contribution in [1.82, 2.24) is 10.2 Å². The largest absolute Gasteiger partial charge is 0.352 e. The van der Waals surface area contributed by atoms with E-state index in [-0.39, 0.29) is 23.9 Å².